The van der Waals surface area contributed by atoms with E-state index < -0.39 is 5.82 Å². The Bertz CT molecular complexity index is 665. The van der Waals surface area contributed by atoms with Gasteiger partial charge in [-0.2, -0.15) is 5.26 Å². The number of benzene rings is 1. The van der Waals surface area contributed by atoms with Gasteiger partial charge < -0.3 is 4.57 Å². The van der Waals surface area contributed by atoms with E-state index >= 15 is 0 Å². The summed E-state index contributed by atoms with van der Waals surface area (Å²) in [5, 5.41) is 8.82. The molecule has 3 nitrogen and oxygen atoms in total. The van der Waals surface area contributed by atoms with Crippen LogP contribution in [-0.2, 0) is 0 Å². The highest BCUT2D eigenvalue weighted by molar-refractivity contribution is 5.77. The highest BCUT2D eigenvalue weighted by Crippen LogP contribution is 2.21. The summed E-state index contributed by atoms with van der Waals surface area (Å²) in [5.41, 5.74) is 2.90. The molecule has 0 unspecified atom stereocenters. The SMILES string of the molecule is Cc1cc(C=O)c(C)n1-c1ccc(F)c(C#N)c1. The van der Waals surface area contributed by atoms with Crippen molar-refractivity contribution in [2.24, 2.45) is 0 Å². The quantitative estimate of drug-likeness (QED) is 0.760. The van der Waals surface area contributed by atoms with Gasteiger partial charge in [0.1, 0.15) is 11.9 Å². The first kappa shape index (κ1) is 12.1. The lowest BCUT2D eigenvalue weighted by atomic mass is 10.2. The van der Waals surface area contributed by atoms with Crippen LogP contribution in [0.3, 0.4) is 0 Å². The number of aromatic nitrogens is 1. The molecule has 90 valence electrons. The molecule has 0 spiro atoms. The van der Waals surface area contributed by atoms with Crippen LogP contribution in [-0.4, -0.2) is 10.9 Å². The molecular formula is C14H11FN2O. The summed E-state index contributed by atoms with van der Waals surface area (Å²) in [5.74, 6) is -0.542. The smallest absolute Gasteiger partial charge is 0.151 e. The lowest BCUT2D eigenvalue weighted by molar-refractivity contribution is 0.112. The Kier molecular flexibility index (Phi) is 2.99. The van der Waals surface area contributed by atoms with Crippen molar-refractivity contribution in [2.75, 3.05) is 0 Å². The van der Waals surface area contributed by atoms with Crippen molar-refractivity contribution in [1.82, 2.24) is 4.57 Å². The maximum Gasteiger partial charge on any atom is 0.151 e. The summed E-state index contributed by atoms with van der Waals surface area (Å²) in [6, 6.07) is 7.89. The van der Waals surface area contributed by atoms with Gasteiger partial charge >= 0.3 is 0 Å². The van der Waals surface area contributed by atoms with Crippen LogP contribution >= 0.6 is 0 Å². The normalized spacial score (nSPS) is 10.1. The summed E-state index contributed by atoms with van der Waals surface area (Å²) in [6.07, 6.45) is 0.785. The van der Waals surface area contributed by atoms with E-state index in [2.05, 4.69) is 0 Å². The number of nitrogens with zero attached hydrogens (tertiary/aromatic N) is 2. The van der Waals surface area contributed by atoms with Crippen molar-refractivity contribution in [2.45, 2.75) is 13.8 Å². The maximum absolute atomic E-state index is 13.3. The fourth-order valence-corrected chi connectivity index (χ4v) is 2.04. The number of hydrogen-bond acceptors (Lipinski definition) is 2. The van der Waals surface area contributed by atoms with Crippen molar-refractivity contribution in [3.05, 3.63) is 52.6 Å². The molecule has 0 aliphatic heterocycles. The number of hydrogen-bond donors (Lipinski definition) is 0. The van der Waals surface area contributed by atoms with E-state index in [1.165, 1.54) is 12.1 Å². The Labute approximate surface area is 104 Å². The zero-order valence-corrected chi connectivity index (χ0v) is 10.1. The third-order valence-electron chi connectivity index (χ3n) is 2.93. The summed E-state index contributed by atoms with van der Waals surface area (Å²) in [7, 11) is 0. The number of carbonyl (C=O) groups is 1. The molecule has 0 amide bonds. The number of halogens is 1. The molecule has 1 aromatic heterocycles. The van der Waals surface area contributed by atoms with Gasteiger partial charge in [-0.25, -0.2) is 4.39 Å². The Morgan fingerprint density at radius 1 is 1.33 bits per heavy atom. The van der Waals surface area contributed by atoms with Crippen LogP contribution in [0.2, 0.25) is 0 Å². The van der Waals surface area contributed by atoms with E-state index in [1.807, 2.05) is 24.5 Å². The van der Waals surface area contributed by atoms with E-state index in [0.717, 1.165) is 17.7 Å². The lowest BCUT2D eigenvalue weighted by Crippen LogP contribution is -2.00. The van der Waals surface area contributed by atoms with Crippen molar-refractivity contribution in [3.8, 4) is 11.8 Å². The minimum atomic E-state index is -0.542. The molecule has 0 radical (unpaired) electrons. The zero-order chi connectivity index (χ0) is 13.3. The van der Waals surface area contributed by atoms with Gasteiger partial charge in [-0.1, -0.05) is 0 Å². The second-order valence-electron chi connectivity index (χ2n) is 4.06. The van der Waals surface area contributed by atoms with Crippen molar-refractivity contribution < 1.29 is 9.18 Å². The molecule has 0 fully saturated rings. The first-order valence-corrected chi connectivity index (χ1v) is 5.42. The Balaban J connectivity index is 2.66. The van der Waals surface area contributed by atoms with Gasteiger partial charge in [-0.05, 0) is 38.1 Å². The van der Waals surface area contributed by atoms with E-state index in [1.54, 1.807) is 12.1 Å². The van der Waals surface area contributed by atoms with Crippen LogP contribution in [0.1, 0.15) is 27.3 Å². The second-order valence-corrected chi connectivity index (χ2v) is 4.06. The summed E-state index contributed by atoms with van der Waals surface area (Å²) >= 11 is 0. The van der Waals surface area contributed by atoms with E-state index in [-0.39, 0.29) is 5.56 Å². The van der Waals surface area contributed by atoms with Gasteiger partial charge in [0, 0.05) is 22.6 Å². The van der Waals surface area contributed by atoms with Crippen LogP contribution in [0.4, 0.5) is 4.39 Å². The first-order valence-electron chi connectivity index (χ1n) is 5.42. The molecule has 2 aromatic rings. The van der Waals surface area contributed by atoms with Gasteiger partial charge in [0.05, 0.1) is 5.56 Å². The molecule has 0 atom stereocenters. The third kappa shape index (κ3) is 1.80. The molecule has 1 aromatic carbocycles. The third-order valence-corrected chi connectivity index (χ3v) is 2.93. The average molecular weight is 242 g/mol. The number of carbonyl (C=O) groups excluding carboxylic acids is 1. The van der Waals surface area contributed by atoms with Gasteiger partial charge in [-0.3, -0.25) is 4.79 Å². The highest BCUT2D eigenvalue weighted by Gasteiger charge is 2.11. The Morgan fingerprint density at radius 2 is 2.06 bits per heavy atom. The largest absolute Gasteiger partial charge is 0.318 e. The molecule has 0 saturated carbocycles. The minimum Gasteiger partial charge on any atom is -0.318 e. The summed E-state index contributed by atoms with van der Waals surface area (Å²) < 4.78 is 15.1. The molecular weight excluding hydrogens is 231 g/mol. The van der Waals surface area contributed by atoms with Crippen molar-refractivity contribution >= 4 is 6.29 Å². The molecule has 18 heavy (non-hydrogen) atoms. The van der Waals surface area contributed by atoms with Gasteiger partial charge in [0.25, 0.3) is 0 Å². The van der Waals surface area contributed by atoms with Crippen LogP contribution in [0.25, 0.3) is 5.69 Å². The standard InChI is InChI=1S/C14H11FN2O/c1-9-5-12(8-18)10(2)17(9)13-3-4-14(15)11(6-13)7-16/h3-6,8H,1-2H3. The molecule has 0 N–H and O–H groups in total. The van der Waals surface area contributed by atoms with E-state index in [4.69, 9.17) is 5.26 Å². The summed E-state index contributed by atoms with van der Waals surface area (Å²) in [6.45, 7) is 3.67. The predicted octanol–water partition coefficient (Wildman–Crippen LogP) is 2.92. The second kappa shape index (κ2) is 4.46. The molecule has 2 rings (SSSR count). The maximum atomic E-state index is 13.3. The number of nitriles is 1. The molecule has 1 heterocycles. The van der Waals surface area contributed by atoms with Gasteiger partial charge in [0.2, 0.25) is 0 Å². The molecule has 0 aliphatic carbocycles. The molecule has 0 aliphatic rings. The monoisotopic (exact) mass is 242 g/mol. The average Bonchev–Trinajstić information content (AvgIpc) is 2.65. The van der Waals surface area contributed by atoms with Crippen LogP contribution < -0.4 is 0 Å². The topological polar surface area (TPSA) is 45.8 Å². The van der Waals surface area contributed by atoms with Crippen molar-refractivity contribution in [1.29, 1.82) is 5.26 Å². The molecule has 0 bridgehead atoms. The Morgan fingerprint density at radius 3 is 2.61 bits per heavy atom. The van der Waals surface area contributed by atoms with E-state index in [9.17, 15) is 9.18 Å². The predicted molar refractivity (Wildman–Crippen MR) is 65.3 cm³/mol. The van der Waals surface area contributed by atoms with Crippen LogP contribution in [0, 0.1) is 31.0 Å². The Hall–Kier alpha value is -2.41. The molecule has 4 heteroatoms. The van der Waals surface area contributed by atoms with Crippen LogP contribution in [0.5, 0.6) is 0 Å². The van der Waals surface area contributed by atoms with Gasteiger partial charge in [-0.15, -0.1) is 0 Å². The van der Waals surface area contributed by atoms with Crippen molar-refractivity contribution in [3.63, 3.8) is 0 Å². The summed E-state index contributed by atoms with van der Waals surface area (Å²) in [4.78, 5) is 10.9. The first-order chi connectivity index (χ1) is 8.58. The number of aldehydes is 1. The zero-order valence-electron chi connectivity index (χ0n) is 10.1. The molecule has 0 saturated heterocycles. The number of aryl methyl sites for hydroxylation is 1. The van der Waals surface area contributed by atoms with Crippen LogP contribution in [0.15, 0.2) is 24.3 Å². The fourth-order valence-electron chi connectivity index (χ4n) is 2.04. The number of rotatable bonds is 2. The lowest BCUT2D eigenvalue weighted by Gasteiger charge is -2.10. The van der Waals surface area contributed by atoms with Gasteiger partial charge in [0.15, 0.2) is 6.29 Å². The fraction of sp³-hybridized carbons (Fsp3) is 0.143. The highest BCUT2D eigenvalue weighted by atomic mass is 19.1. The van der Waals surface area contributed by atoms with E-state index in [0.29, 0.717) is 11.3 Å². The minimum absolute atomic E-state index is 0.00680.